The van der Waals surface area contributed by atoms with Gasteiger partial charge in [-0.15, -0.1) is 0 Å². The molecule has 1 heterocycles. The number of anilines is 1. The predicted octanol–water partition coefficient (Wildman–Crippen LogP) is 3.28. The van der Waals surface area contributed by atoms with Crippen LogP contribution < -0.4 is 14.9 Å². The number of hydrazone groups is 1. The van der Waals surface area contributed by atoms with Gasteiger partial charge in [-0.2, -0.15) is 5.10 Å². The van der Waals surface area contributed by atoms with Crippen LogP contribution in [0.25, 0.3) is 0 Å². The Labute approximate surface area is 153 Å². The lowest BCUT2D eigenvalue weighted by molar-refractivity contribution is -0.393. The molecular formula is C17H16N4O6. The van der Waals surface area contributed by atoms with Crippen molar-refractivity contribution < 1.29 is 19.3 Å². The highest BCUT2D eigenvalue weighted by atomic mass is 16.6. The fourth-order valence-corrected chi connectivity index (χ4v) is 2.81. The van der Waals surface area contributed by atoms with Crippen LogP contribution in [0.1, 0.15) is 17.5 Å². The molecule has 0 amide bonds. The van der Waals surface area contributed by atoms with E-state index in [1.807, 2.05) is 6.07 Å². The van der Waals surface area contributed by atoms with Crippen LogP contribution in [0, 0.1) is 20.2 Å². The zero-order chi connectivity index (χ0) is 19.4. The van der Waals surface area contributed by atoms with Crippen molar-refractivity contribution in [1.82, 2.24) is 0 Å². The first-order chi connectivity index (χ1) is 13.0. The maximum absolute atomic E-state index is 11.2. The topological polar surface area (TPSA) is 129 Å². The zero-order valence-corrected chi connectivity index (χ0v) is 14.4. The Morgan fingerprint density at radius 3 is 2.74 bits per heavy atom. The number of fused-ring (bicyclic) bond motifs is 1. The van der Waals surface area contributed by atoms with Crippen molar-refractivity contribution in [2.75, 3.05) is 19.1 Å². The third-order valence-corrected chi connectivity index (χ3v) is 4.09. The van der Waals surface area contributed by atoms with Gasteiger partial charge in [-0.3, -0.25) is 25.7 Å². The van der Waals surface area contributed by atoms with Crippen molar-refractivity contribution in [2.24, 2.45) is 5.10 Å². The normalized spacial score (nSPS) is 12.9. The summed E-state index contributed by atoms with van der Waals surface area (Å²) in [6.07, 6.45) is 3.16. The van der Waals surface area contributed by atoms with E-state index in [1.54, 1.807) is 6.07 Å². The molecule has 27 heavy (non-hydrogen) atoms. The monoisotopic (exact) mass is 372 g/mol. The third-order valence-electron chi connectivity index (χ3n) is 4.09. The van der Waals surface area contributed by atoms with Crippen LogP contribution >= 0.6 is 0 Å². The molecule has 1 aliphatic rings. The molecule has 0 saturated carbocycles. The molecule has 140 valence electrons. The molecule has 0 atom stereocenters. The van der Waals surface area contributed by atoms with Gasteiger partial charge in [0.05, 0.1) is 35.8 Å². The van der Waals surface area contributed by atoms with Crippen LogP contribution in [0.15, 0.2) is 35.4 Å². The van der Waals surface area contributed by atoms with Gasteiger partial charge in [0.2, 0.25) is 0 Å². The minimum Gasteiger partial charge on any atom is -0.496 e. The average Bonchev–Trinajstić information content (AvgIpc) is 2.67. The summed E-state index contributed by atoms with van der Waals surface area (Å²) in [4.78, 5) is 20.6. The summed E-state index contributed by atoms with van der Waals surface area (Å²) >= 11 is 0. The van der Waals surface area contributed by atoms with E-state index in [-0.39, 0.29) is 11.4 Å². The number of methoxy groups -OCH3 is 1. The van der Waals surface area contributed by atoms with Gasteiger partial charge < -0.3 is 9.47 Å². The summed E-state index contributed by atoms with van der Waals surface area (Å²) in [6, 6.07) is 6.90. The second-order valence-electron chi connectivity index (χ2n) is 5.70. The lowest BCUT2D eigenvalue weighted by Crippen LogP contribution is -2.11. The molecule has 0 spiro atoms. The predicted molar refractivity (Wildman–Crippen MR) is 97.8 cm³/mol. The largest absolute Gasteiger partial charge is 0.496 e. The fraction of sp³-hybridized carbons (Fsp3) is 0.235. The van der Waals surface area contributed by atoms with Crippen LogP contribution in [-0.2, 0) is 6.42 Å². The van der Waals surface area contributed by atoms with E-state index >= 15 is 0 Å². The molecule has 3 rings (SSSR count). The molecule has 2 aromatic carbocycles. The molecule has 10 nitrogen and oxygen atoms in total. The lowest BCUT2D eigenvalue weighted by Gasteiger charge is -2.20. The highest BCUT2D eigenvalue weighted by Crippen LogP contribution is 2.33. The summed E-state index contributed by atoms with van der Waals surface area (Å²) < 4.78 is 11.0. The Morgan fingerprint density at radius 1 is 1.22 bits per heavy atom. The molecule has 0 saturated heterocycles. The van der Waals surface area contributed by atoms with E-state index in [0.717, 1.165) is 30.2 Å². The van der Waals surface area contributed by atoms with Gasteiger partial charge in [-0.05, 0) is 31.0 Å². The number of nitro groups is 2. The minimum atomic E-state index is -0.705. The van der Waals surface area contributed by atoms with Crippen LogP contribution in [0.2, 0.25) is 0 Å². The van der Waals surface area contributed by atoms with Gasteiger partial charge in [0, 0.05) is 17.2 Å². The number of hydrogen-bond donors (Lipinski definition) is 1. The molecule has 1 N–H and O–H groups in total. The summed E-state index contributed by atoms with van der Waals surface area (Å²) in [7, 11) is 1.54. The smallest absolute Gasteiger partial charge is 0.301 e. The van der Waals surface area contributed by atoms with Crippen LogP contribution in [0.5, 0.6) is 11.5 Å². The Morgan fingerprint density at radius 2 is 2.04 bits per heavy atom. The number of benzene rings is 2. The van der Waals surface area contributed by atoms with E-state index in [2.05, 4.69) is 10.5 Å². The van der Waals surface area contributed by atoms with Gasteiger partial charge in [-0.1, -0.05) is 0 Å². The molecule has 0 unspecified atom stereocenters. The maximum atomic E-state index is 11.2. The summed E-state index contributed by atoms with van der Waals surface area (Å²) in [6.45, 7) is 0.642. The standard InChI is InChI=1S/C17H16N4O6/c1-26-16-6-7-17-12(3-2-8-27-17)13(16)10-18-19-14-5-4-11(20(22)23)9-15(14)21(24)25/h4-7,9-10,19H,2-3,8H2,1H3/b18-10-. The van der Waals surface area contributed by atoms with Crippen molar-refractivity contribution in [3.63, 3.8) is 0 Å². The number of nitro benzene ring substituents is 2. The molecule has 1 aliphatic heterocycles. The van der Waals surface area contributed by atoms with E-state index in [1.165, 1.54) is 25.5 Å². The average molecular weight is 372 g/mol. The van der Waals surface area contributed by atoms with Gasteiger partial charge in [-0.25, -0.2) is 0 Å². The van der Waals surface area contributed by atoms with E-state index in [9.17, 15) is 20.2 Å². The van der Waals surface area contributed by atoms with Crippen LogP contribution in [0.3, 0.4) is 0 Å². The first kappa shape index (κ1) is 18.1. The van der Waals surface area contributed by atoms with Crippen molar-refractivity contribution in [3.8, 4) is 11.5 Å². The molecule has 0 aromatic heterocycles. The zero-order valence-electron chi connectivity index (χ0n) is 14.4. The summed E-state index contributed by atoms with van der Waals surface area (Å²) in [5.74, 6) is 1.35. The Bertz CT molecular complexity index is 928. The molecule has 0 aliphatic carbocycles. The quantitative estimate of drug-likeness (QED) is 0.468. The SMILES string of the molecule is COc1ccc2c(c1/C=N\Nc1ccc([N+](=O)[O-])cc1[N+](=O)[O-])CCCO2. The third kappa shape index (κ3) is 3.78. The summed E-state index contributed by atoms with van der Waals surface area (Å²) in [5.41, 5.74) is 3.48. The molecule has 0 bridgehead atoms. The van der Waals surface area contributed by atoms with E-state index in [4.69, 9.17) is 9.47 Å². The van der Waals surface area contributed by atoms with Crippen LogP contribution in [0.4, 0.5) is 17.1 Å². The highest BCUT2D eigenvalue weighted by Gasteiger charge is 2.20. The molecule has 0 radical (unpaired) electrons. The Balaban J connectivity index is 1.90. The Hall–Kier alpha value is -3.69. The maximum Gasteiger partial charge on any atom is 0.301 e. The number of rotatable bonds is 6. The first-order valence-electron chi connectivity index (χ1n) is 8.06. The van der Waals surface area contributed by atoms with Crippen molar-refractivity contribution >= 4 is 23.3 Å². The van der Waals surface area contributed by atoms with Gasteiger partial charge in [0.15, 0.2) is 0 Å². The molecule has 2 aromatic rings. The number of nitrogens with zero attached hydrogens (tertiary/aromatic N) is 3. The summed E-state index contributed by atoms with van der Waals surface area (Å²) in [5, 5.41) is 26.0. The first-order valence-corrected chi connectivity index (χ1v) is 8.06. The fourth-order valence-electron chi connectivity index (χ4n) is 2.81. The molecule has 10 heteroatoms. The van der Waals surface area contributed by atoms with E-state index < -0.39 is 15.5 Å². The Kier molecular flexibility index (Phi) is 5.15. The van der Waals surface area contributed by atoms with Crippen LogP contribution in [-0.4, -0.2) is 29.8 Å². The van der Waals surface area contributed by atoms with Gasteiger partial charge >= 0.3 is 5.69 Å². The van der Waals surface area contributed by atoms with Crippen molar-refractivity contribution in [2.45, 2.75) is 12.8 Å². The minimum absolute atomic E-state index is 0.0434. The number of non-ortho nitro benzene ring substituents is 1. The van der Waals surface area contributed by atoms with Crippen molar-refractivity contribution in [1.29, 1.82) is 0 Å². The lowest BCUT2D eigenvalue weighted by atomic mass is 9.99. The number of hydrogen-bond acceptors (Lipinski definition) is 8. The number of ether oxygens (including phenoxy) is 2. The second-order valence-corrected chi connectivity index (χ2v) is 5.70. The van der Waals surface area contributed by atoms with Crippen molar-refractivity contribution in [3.05, 3.63) is 61.7 Å². The highest BCUT2D eigenvalue weighted by molar-refractivity contribution is 5.87. The number of nitrogens with one attached hydrogen (secondary N) is 1. The van der Waals surface area contributed by atoms with Gasteiger partial charge in [0.1, 0.15) is 17.2 Å². The molecule has 0 fully saturated rings. The van der Waals surface area contributed by atoms with Gasteiger partial charge in [0.25, 0.3) is 5.69 Å². The second kappa shape index (κ2) is 7.68. The molecular weight excluding hydrogens is 356 g/mol. The van der Waals surface area contributed by atoms with E-state index in [0.29, 0.717) is 17.9 Å².